The molecular formula is C19H14BrClN4O4. The van der Waals surface area contributed by atoms with Crippen molar-refractivity contribution in [2.24, 2.45) is 5.10 Å². The smallest absolute Gasteiger partial charge is 0.349 e. The van der Waals surface area contributed by atoms with Crippen molar-refractivity contribution < 1.29 is 9.47 Å². The molecule has 8 nitrogen and oxygen atoms in total. The quantitative estimate of drug-likeness (QED) is 0.548. The molecular weight excluding hydrogens is 464 g/mol. The van der Waals surface area contributed by atoms with Gasteiger partial charge in [-0.3, -0.25) is 4.79 Å². The van der Waals surface area contributed by atoms with Crippen LogP contribution in [-0.2, 0) is 0 Å². The number of ether oxygens (including phenoxy) is 2. The minimum Gasteiger partial charge on any atom is -0.490 e. The number of nitrogens with one attached hydrogen (secondary N) is 1. The van der Waals surface area contributed by atoms with E-state index < -0.39 is 11.2 Å². The van der Waals surface area contributed by atoms with Crippen LogP contribution < -0.4 is 20.7 Å². The summed E-state index contributed by atoms with van der Waals surface area (Å²) in [5.74, 6) is 0.511. The maximum absolute atomic E-state index is 12.6. The van der Waals surface area contributed by atoms with Crippen LogP contribution in [0.15, 0.2) is 49.5 Å². The molecule has 1 N–H and O–H groups in total. The van der Waals surface area contributed by atoms with Crippen LogP contribution in [0.3, 0.4) is 0 Å². The maximum atomic E-state index is 12.6. The van der Waals surface area contributed by atoms with E-state index in [1.165, 1.54) is 6.21 Å². The average molecular weight is 478 g/mol. The molecule has 3 aromatic rings. The summed E-state index contributed by atoms with van der Waals surface area (Å²) >= 11 is 9.68. The van der Waals surface area contributed by atoms with E-state index in [4.69, 9.17) is 26.3 Å². The molecule has 0 saturated heterocycles. The third-order valence-electron chi connectivity index (χ3n) is 3.83. The minimum absolute atomic E-state index is 0.174. The zero-order chi connectivity index (χ0) is 21.0. The number of halogens is 2. The molecule has 1 aromatic heterocycles. The predicted molar refractivity (Wildman–Crippen MR) is 113 cm³/mol. The van der Waals surface area contributed by atoms with E-state index >= 15 is 0 Å². The highest BCUT2D eigenvalue weighted by atomic mass is 79.9. The second-order valence-corrected chi connectivity index (χ2v) is 6.81. The lowest BCUT2D eigenvalue weighted by atomic mass is 10.2. The summed E-state index contributed by atoms with van der Waals surface area (Å²) in [6, 6.07) is 10.1. The number of aromatic nitrogens is 2. The van der Waals surface area contributed by atoms with Crippen LogP contribution in [0.25, 0.3) is 10.9 Å². The Labute approximate surface area is 178 Å². The van der Waals surface area contributed by atoms with Crippen molar-refractivity contribution in [1.29, 1.82) is 5.26 Å². The van der Waals surface area contributed by atoms with Crippen molar-refractivity contribution in [1.82, 2.24) is 9.66 Å². The minimum atomic E-state index is -0.675. The van der Waals surface area contributed by atoms with Gasteiger partial charge in [0.2, 0.25) is 0 Å². The molecule has 0 saturated carbocycles. The van der Waals surface area contributed by atoms with Crippen LogP contribution in [0.5, 0.6) is 11.5 Å². The zero-order valence-corrected chi connectivity index (χ0v) is 17.5. The fourth-order valence-electron chi connectivity index (χ4n) is 2.58. The van der Waals surface area contributed by atoms with Gasteiger partial charge in [0.25, 0.3) is 5.56 Å². The maximum Gasteiger partial charge on any atom is 0.349 e. The van der Waals surface area contributed by atoms with E-state index in [2.05, 4.69) is 26.0 Å². The van der Waals surface area contributed by atoms with E-state index in [9.17, 15) is 9.59 Å². The lowest BCUT2D eigenvalue weighted by Crippen LogP contribution is -2.32. The fraction of sp³-hybridized carbons (Fsp3) is 0.158. The Hall–Kier alpha value is -3.09. The van der Waals surface area contributed by atoms with E-state index in [1.807, 2.05) is 6.07 Å². The number of fused-ring (bicyclic) bond motifs is 1. The molecule has 0 fully saturated rings. The molecule has 3 rings (SSSR count). The molecule has 0 radical (unpaired) electrons. The van der Waals surface area contributed by atoms with Crippen LogP contribution in [-0.4, -0.2) is 29.1 Å². The number of H-pyrrole nitrogens is 1. The van der Waals surface area contributed by atoms with Gasteiger partial charge in [0.15, 0.2) is 18.1 Å². The van der Waals surface area contributed by atoms with Gasteiger partial charge >= 0.3 is 5.69 Å². The number of hydrogen-bond donors (Lipinski definition) is 1. The van der Waals surface area contributed by atoms with Crippen LogP contribution in [0.4, 0.5) is 0 Å². The van der Waals surface area contributed by atoms with Gasteiger partial charge in [-0.05, 0) is 41.1 Å². The largest absolute Gasteiger partial charge is 0.490 e. The summed E-state index contributed by atoms with van der Waals surface area (Å²) in [6.45, 7) is 1.91. The van der Waals surface area contributed by atoms with Crippen LogP contribution >= 0.6 is 27.5 Å². The molecule has 0 atom stereocenters. The van der Waals surface area contributed by atoms with Crippen molar-refractivity contribution in [2.45, 2.75) is 6.92 Å². The topological polar surface area (TPSA) is 109 Å². The second-order valence-electron chi connectivity index (χ2n) is 5.64. The standard InChI is InChI=1S/C19H14BrClN4O4/c1-2-28-14-9-11(15(20)16(21)17(14)29-8-7-22)10-23-25-18(26)12-5-3-4-6-13(12)24-19(25)27/h3-6,9-10H,2,8H2,1H3,(H,24,27). The molecule has 29 heavy (non-hydrogen) atoms. The molecule has 10 heteroatoms. The lowest BCUT2D eigenvalue weighted by molar-refractivity contribution is 0.298. The Morgan fingerprint density at radius 2 is 2.10 bits per heavy atom. The molecule has 0 aliphatic heterocycles. The monoisotopic (exact) mass is 476 g/mol. The van der Waals surface area contributed by atoms with E-state index in [0.717, 1.165) is 4.68 Å². The van der Waals surface area contributed by atoms with Crippen molar-refractivity contribution in [3.8, 4) is 17.6 Å². The first-order valence-electron chi connectivity index (χ1n) is 8.40. The van der Waals surface area contributed by atoms with Gasteiger partial charge in [-0.15, -0.1) is 4.68 Å². The van der Waals surface area contributed by atoms with E-state index in [0.29, 0.717) is 33.3 Å². The van der Waals surface area contributed by atoms with Gasteiger partial charge in [0.1, 0.15) is 11.1 Å². The zero-order valence-electron chi connectivity index (χ0n) is 15.1. The van der Waals surface area contributed by atoms with E-state index in [1.54, 1.807) is 37.3 Å². The number of nitriles is 1. The normalized spacial score (nSPS) is 11.0. The van der Waals surface area contributed by atoms with Crippen LogP contribution in [0.1, 0.15) is 12.5 Å². The highest BCUT2D eigenvalue weighted by molar-refractivity contribution is 9.10. The van der Waals surface area contributed by atoms with Crippen molar-refractivity contribution in [2.75, 3.05) is 13.2 Å². The van der Waals surface area contributed by atoms with Crippen molar-refractivity contribution in [3.63, 3.8) is 0 Å². The fourth-order valence-corrected chi connectivity index (χ4v) is 3.23. The molecule has 148 valence electrons. The lowest BCUT2D eigenvalue weighted by Gasteiger charge is -2.14. The molecule has 0 unspecified atom stereocenters. The number of benzene rings is 2. The number of rotatable bonds is 6. The van der Waals surface area contributed by atoms with Crippen LogP contribution in [0, 0.1) is 11.3 Å². The Bertz CT molecular complexity index is 1260. The molecule has 2 aromatic carbocycles. The third-order valence-corrected chi connectivity index (χ3v) is 5.28. The second kappa shape index (κ2) is 8.94. The number of hydrogen-bond acceptors (Lipinski definition) is 6. The first-order valence-corrected chi connectivity index (χ1v) is 9.58. The van der Waals surface area contributed by atoms with Crippen LogP contribution in [0.2, 0.25) is 5.02 Å². The summed E-state index contributed by atoms with van der Waals surface area (Å²) in [7, 11) is 0. The summed E-state index contributed by atoms with van der Waals surface area (Å²) in [4.78, 5) is 27.4. The number of para-hydroxylation sites is 1. The Kier molecular flexibility index (Phi) is 6.36. The predicted octanol–water partition coefficient (Wildman–Crippen LogP) is 3.29. The summed E-state index contributed by atoms with van der Waals surface area (Å²) in [5.41, 5.74) is -0.356. The van der Waals surface area contributed by atoms with Crippen molar-refractivity contribution in [3.05, 3.63) is 66.2 Å². The Morgan fingerprint density at radius 3 is 2.83 bits per heavy atom. The van der Waals surface area contributed by atoms with E-state index in [-0.39, 0.29) is 17.4 Å². The number of aromatic amines is 1. The highest BCUT2D eigenvalue weighted by Gasteiger charge is 2.17. The molecule has 0 amide bonds. The molecule has 1 heterocycles. The van der Waals surface area contributed by atoms with Gasteiger partial charge in [0.05, 0.1) is 23.7 Å². The van der Waals surface area contributed by atoms with Gasteiger partial charge in [-0.1, -0.05) is 23.7 Å². The van der Waals surface area contributed by atoms with Gasteiger partial charge in [-0.2, -0.15) is 10.4 Å². The summed E-state index contributed by atoms with van der Waals surface area (Å²) in [6.07, 6.45) is 1.30. The Balaban J connectivity index is 2.10. The Morgan fingerprint density at radius 1 is 1.34 bits per heavy atom. The SMILES string of the molecule is CCOc1cc(C=Nn2c(=O)[nH]c3ccccc3c2=O)c(Br)c(Cl)c1OCC#N. The highest BCUT2D eigenvalue weighted by Crippen LogP contribution is 2.42. The van der Waals surface area contributed by atoms with Gasteiger partial charge in [0, 0.05) is 10.0 Å². The molecule has 0 aliphatic rings. The summed E-state index contributed by atoms with van der Waals surface area (Å²) < 4.78 is 12.0. The third kappa shape index (κ3) is 4.18. The number of nitrogens with zero attached hydrogens (tertiary/aromatic N) is 3. The van der Waals surface area contributed by atoms with Gasteiger partial charge in [-0.25, -0.2) is 4.79 Å². The first kappa shape index (κ1) is 20.6. The molecule has 0 aliphatic carbocycles. The molecule has 0 bridgehead atoms. The molecule has 0 spiro atoms. The summed E-state index contributed by atoms with van der Waals surface area (Å²) in [5, 5.41) is 13.3. The average Bonchev–Trinajstić information content (AvgIpc) is 2.71. The first-order chi connectivity index (χ1) is 14.0. The van der Waals surface area contributed by atoms with Gasteiger partial charge < -0.3 is 14.5 Å². The van der Waals surface area contributed by atoms with Crippen molar-refractivity contribution >= 4 is 44.6 Å².